The van der Waals surface area contributed by atoms with E-state index in [1.54, 1.807) is 20.0 Å². The van der Waals surface area contributed by atoms with E-state index < -0.39 is 9.84 Å². The van der Waals surface area contributed by atoms with Crippen LogP contribution in [0.25, 0.3) is 0 Å². The van der Waals surface area contributed by atoms with Gasteiger partial charge in [0.2, 0.25) is 0 Å². The topological polar surface area (TPSA) is 81.0 Å². The molecule has 0 unspecified atom stereocenters. The van der Waals surface area contributed by atoms with Gasteiger partial charge in [-0.15, -0.1) is 5.10 Å². The van der Waals surface area contributed by atoms with Gasteiger partial charge < -0.3 is 0 Å². The predicted octanol–water partition coefficient (Wildman–Crippen LogP) is 3.42. The molecule has 8 heteroatoms. The van der Waals surface area contributed by atoms with Crippen LogP contribution < -0.4 is 0 Å². The molecule has 1 aliphatic heterocycles. The Kier molecular flexibility index (Phi) is 7.01. The fourth-order valence-electron chi connectivity index (χ4n) is 4.14. The van der Waals surface area contributed by atoms with Crippen LogP contribution in [-0.4, -0.2) is 51.6 Å². The molecule has 1 fully saturated rings. The summed E-state index contributed by atoms with van der Waals surface area (Å²) < 4.78 is 26.4. The lowest BCUT2D eigenvalue weighted by atomic mass is 9.88. The van der Waals surface area contributed by atoms with Crippen molar-refractivity contribution >= 4 is 9.84 Å². The number of piperidine rings is 1. The fourth-order valence-corrected chi connectivity index (χ4v) is 5.11. The highest BCUT2D eigenvalue weighted by Crippen LogP contribution is 2.29. The number of likely N-dealkylation sites (tertiary alicyclic amines) is 1. The monoisotopic (exact) mass is 453 g/mol. The maximum atomic E-state index is 12.3. The van der Waals surface area contributed by atoms with Gasteiger partial charge in [-0.1, -0.05) is 35.5 Å². The number of nitrogens with zero attached hydrogens (tertiary/aromatic N) is 5. The zero-order chi connectivity index (χ0) is 22.6. The molecule has 1 aliphatic rings. The van der Waals surface area contributed by atoms with Crippen molar-refractivity contribution in [1.82, 2.24) is 24.9 Å². The van der Waals surface area contributed by atoms with Crippen LogP contribution in [0.15, 0.2) is 54.9 Å². The first-order valence-corrected chi connectivity index (χ1v) is 12.9. The second-order valence-electron chi connectivity index (χ2n) is 8.88. The van der Waals surface area contributed by atoms with Gasteiger partial charge in [-0.05, 0) is 69.0 Å². The molecule has 7 nitrogen and oxygen atoms in total. The third-order valence-electron chi connectivity index (χ3n) is 6.12. The van der Waals surface area contributed by atoms with Gasteiger partial charge >= 0.3 is 0 Å². The van der Waals surface area contributed by atoms with E-state index in [-0.39, 0.29) is 11.0 Å². The molecule has 1 aromatic carbocycles. The number of sulfone groups is 1. The molecule has 0 aliphatic carbocycles. The highest BCUT2D eigenvalue weighted by atomic mass is 32.2. The number of hydrogen-bond acceptors (Lipinski definition) is 6. The van der Waals surface area contributed by atoms with Gasteiger partial charge in [0.1, 0.15) is 0 Å². The second kappa shape index (κ2) is 9.92. The Morgan fingerprint density at radius 1 is 1.03 bits per heavy atom. The SMILES string of the molecule is CC(C)S(=O)(=O)Cc1cccc(C2CCN(Cc3cn(Cc4ccccn4)nn3)CC2)c1. The number of benzene rings is 1. The van der Waals surface area contributed by atoms with Crippen molar-refractivity contribution < 1.29 is 8.42 Å². The molecule has 0 bridgehead atoms. The molecule has 3 aromatic rings. The van der Waals surface area contributed by atoms with Gasteiger partial charge in [0.05, 0.1) is 35.1 Å². The lowest BCUT2D eigenvalue weighted by Gasteiger charge is -2.31. The van der Waals surface area contributed by atoms with Crippen LogP contribution >= 0.6 is 0 Å². The van der Waals surface area contributed by atoms with Crippen LogP contribution in [0, 0.1) is 0 Å². The number of pyridine rings is 1. The van der Waals surface area contributed by atoms with Crippen molar-refractivity contribution in [2.24, 2.45) is 0 Å². The van der Waals surface area contributed by atoms with E-state index in [2.05, 4.69) is 32.3 Å². The van der Waals surface area contributed by atoms with Crippen molar-refractivity contribution in [3.8, 4) is 0 Å². The lowest BCUT2D eigenvalue weighted by Crippen LogP contribution is -2.32. The zero-order valence-corrected chi connectivity index (χ0v) is 19.6. The van der Waals surface area contributed by atoms with Crippen molar-refractivity contribution in [3.63, 3.8) is 0 Å². The summed E-state index contributed by atoms with van der Waals surface area (Å²) in [6.07, 6.45) is 5.90. The smallest absolute Gasteiger partial charge is 0.156 e. The summed E-state index contributed by atoms with van der Waals surface area (Å²) >= 11 is 0. The van der Waals surface area contributed by atoms with Gasteiger partial charge in [0.25, 0.3) is 0 Å². The Balaban J connectivity index is 1.31. The molecule has 0 amide bonds. The average molecular weight is 454 g/mol. The first-order valence-electron chi connectivity index (χ1n) is 11.2. The van der Waals surface area contributed by atoms with Crippen molar-refractivity contribution in [3.05, 3.63) is 77.4 Å². The predicted molar refractivity (Wildman–Crippen MR) is 125 cm³/mol. The molecule has 0 saturated carbocycles. The lowest BCUT2D eigenvalue weighted by molar-refractivity contribution is 0.202. The summed E-state index contributed by atoms with van der Waals surface area (Å²) in [5, 5.41) is 8.22. The van der Waals surface area contributed by atoms with Crippen LogP contribution in [0.4, 0.5) is 0 Å². The summed E-state index contributed by atoms with van der Waals surface area (Å²) in [4.78, 5) is 6.75. The Labute approximate surface area is 190 Å². The van der Waals surface area contributed by atoms with Crippen LogP contribution in [0.2, 0.25) is 0 Å². The standard InChI is InChI=1S/C24H31N5O2S/c1-19(2)32(30,31)18-20-6-5-7-22(14-20)21-9-12-28(13-10-21)15-24-17-29(27-26-24)16-23-8-3-4-11-25-23/h3-8,11,14,17,19,21H,9-10,12-13,15-16,18H2,1-2H3. The van der Waals surface area contributed by atoms with Gasteiger partial charge in [0.15, 0.2) is 9.84 Å². The van der Waals surface area contributed by atoms with E-state index in [4.69, 9.17) is 0 Å². The molecule has 32 heavy (non-hydrogen) atoms. The molecule has 4 rings (SSSR count). The minimum absolute atomic E-state index is 0.117. The zero-order valence-electron chi connectivity index (χ0n) is 18.8. The summed E-state index contributed by atoms with van der Waals surface area (Å²) in [7, 11) is -3.09. The highest BCUT2D eigenvalue weighted by Gasteiger charge is 2.23. The van der Waals surface area contributed by atoms with Crippen molar-refractivity contribution in [1.29, 1.82) is 0 Å². The van der Waals surface area contributed by atoms with Gasteiger partial charge in [0, 0.05) is 12.7 Å². The molecule has 1 saturated heterocycles. The molecule has 0 atom stereocenters. The molecule has 3 heterocycles. The highest BCUT2D eigenvalue weighted by molar-refractivity contribution is 7.91. The summed E-state index contributed by atoms with van der Waals surface area (Å²) in [5.74, 6) is 0.582. The minimum Gasteiger partial charge on any atom is -0.297 e. The minimum atomic E-state index is -3.09. The largest absolute Gasteiger partial charge is 0.297 e. The maximum absolute atomic E-state index is 12.3. The van der Waals surface area contributed by atoms with E-state index in [0.29, 0.717) is 12.5 Å². The summed E-state index contributed by atoms with van der Waals surface area (Å²) in [6, 6.07) is 14.0. The van der Waals surface area contributed by atoms with E-state index >= 15 is 0 Å². The molecule has 0 radical (unpaired) electrons. The average Bonchev–Trinajstić information content (AvgIpc) is 3.21. The molecule has 2 aromatic heterocycles. The summed E-state index contributed by atoms with van der Waals surface area (Å²) in [6.45, 7) is 6.89. The summed E-state index contributed by atoms with van der Waals surface area (Å²) in [5.41, 5.74) is 4.08. The molecule has 0 spiro atoms. The first kappa shape index (κ1) is 22.6. The van der Waals surface area contributed by atoms with Gasteiger partial charge in [-0.25, -0.2) is 13.1 Å². The third-order valence-corrected chi connectivity index (χ3v) is 8.29. The van der Waals surface area contributed by atoms with Crippen molar-refractivity contribution in [2.45, 2.75) is 56.7 Å². The quantitative estimate of drug-likeness (QED) is 0.520. The van der Waals surface area contributed by atoms with E-state index in [9.17, 15) is 8.42 Å². The van der Waals surface area contributed by atoms with Crippen LogP contribution in [0.3, 0.4) is 0 Å². The molecule has 170 valence electrons. The third kappa shape index (κ3) is 5.81. The first-order chi connectivity index (χ1) is 15.4. The van der Waals surface area contributed by atoms with Crippen LogP contribution in [0.1, 0.15) is 55.1 Å². The van der Waals surface area contributed by atoms with E-state index in [1.807, 2.05) is 41.2 Å². The van der Waals surface area contributed by atoms with E-state index in [1.165, 1.54) is 5.56 Å². The molecular weight excluding hydrogens is 422 g/mol. The Morgan fingerprint density at radius 2 is 1.84 bits per heavy atom. The van der Waals surface area contributed by atoms with E-state index in [0.717, 1.165) is 49.4 Å². The molecular formula is C24H31N5O2S. The molecule has 0 N–H and O–H groups in total. The van der Waals surface area contributed by atoms with Crippen LogP contribution in [-0.2, 0) is 28.7 Å². The van der Waals surface area contributed by atoms with Gasteiger partial charge in [-0.3, -0.25) is 9.88 Å². The number of hydrogen-bond donors (Lipinski definition) is 0. The van der Waals surface area contributed by atoms with Gasteiger partial charge in [-0.2, -0.15) is 0 Å². The second-order valence-corrected chi connectivity index (χ2v) is 11.4. The number of aromatic nitrogens is 4. The Hall–Kier alpha value is -2.58. The maximum Gasteiger partial charge on any atom is 0.156 e. The Bertz CT molecular complexity index is 1120. The normalized spacial score (nSPS) is 16.0. The fraction of sp³-hybridized carbons (Fsp3) is 0.458. The van der Waals surface area contributed by atoms with Crippen molar-refractivity contribution in [2.75, 3.05) is 13.1 Å². The Morgan fingerprint density at radius 3 is 2.56 bits per heavy atom. The van der Waals surface area contributed by atoms with Crippen LogP contribution in [0.5, 0.6) is 0 Å². The number of rotatable bonds is 8.